The summed E-state index contributed by atoms with van der Waals surface area (Å²) >= 11 is 0. The van der Waals surface area contributed by atoms with E-state index in [2.05, 4.69) is 59.8 Å². The van der Waals surface area contributed by atoms with Gasteiger partial charge in [-0.2, -0.15) is 0 Å². The number of nitrogens with two attached hydrogens (primary N) is 3. The number of carbonyl (C=O) groups excluding carboxylic acids is 10. The second kappa shape index (κ2) is 41.9. The Morgan fingerprint density at radius 1 is 0.528 bits per heavy atom. The number of nitrogens with one attached hydrogen (secondary N) is 10. The number of para-hydroxylation sites is 1. The minimum Gasteiger partial charge on any atom is -0.508 e. The lowest BCUT2D eigenvalue weighted by Crippen LogP contribution is -2.59. The Bertz CT molecular complexity index is 2740. The number of unbranched alkanes of at least 4 members (excludes halogenated alkanes) is 11. The number of carboxylic acids is 1. The monoisotopic (exact) mass is 1250 g/mol. The van der Waals surface area contributed by atoms with Crippen molar-refractivity contribution in [2.24, 2.45) is 29.0 Å². The number of fused-ring (bicyclic) bond motifs is 1. The molecule has 0 fully saturated rings. The number of amides is 10. The second-order valence-electron chi connectivity index (χ2n) is 22.8. The molecule has 494 valence electrons. The summed E-state index contributed by atoms with van der Waals surface area (Å²) in [5.41, 5.74) is 19.2. The van der Waals surface area contributed by atoms with E-state index >= 15 is 0 Å². The molecular weight excluding hydrogens is 1150 g/mol. The van der Waals surface area contributed by atoms with Gasteiger partial charge in [-0.15, -0.1) is 0 Å². The predicted molar refractivity (Wildman–Crippen MR) is 337 cm³/mol. The van der Waals surface area contributed by atoms with Crippen molar-refractivity contribution in [1.29, 1.82) is 0 Å². The first kappa shape index (κ1) is 75.1. The molecule has 8 atom stereocenters. The maximum absolute atomic E-state index is 14.2. The minimum absolute atomic E-state index is 0.0649. The Hall–Kier alpha value is -8.13. The summed E-state index contributed by atoms with van der Waals surface area (Å²) in [4.78, 5) is 150. The lowest BCUT2D eigenvalue weighted by Gasteiger charge is -2.28. The number of rotatable bonds is 46. The maximum Gasteiger partial charge on any atom is 0.325 e. The number of aliphatic carboxylic acids is 1. The van der Waals surface area contributed by atoms with Crippen molar-refractivity contribution < 1.29 is 63.0 Å². The van der Waals surface area contributed by atoms with Gasteiger partial charge in [0.05, 0.1) is 25.4 Å². The highest BCUT2D eigenvalue weighted by Gasteiger charge is 2.35. The van der Waals surface area contributed by atoms with E-state index in [1.54, 1.807) is 13.1 Å². The van der Waals surface area contributed by atoms with Gasteiger partial charge in [-0.3, -0.25) is 52.7 Å². The van der Waals surface area contributed by atoms with E-state index in [0.717, 1.165) is 35.7 Å². The number of primary amides is 1. The molecule has 89 heavy (non-hydrogen) atoms. The zero-order valence-corrected chi connectivity index (χ0v) is 52.3. The van der Waals surface area contributed by atoms with Gasteiger partial charge in [-0.05, 0) is 93.8 Å². The van der Waals surface area contributed by atoms with Crippen LogP contribution in [0.3, 0.4) is 0 Å². The summed E-state index contributed by atoms with van der Waals surface area (Å²) in [6, 6.07) is 4.99. The number of hydrogen-bond donors (Lipinski definition) is 15. The fourth-order valence-electron chi connectivity index (χ4n) is 9.91. The van der Waals surface area contributed by atoms with Crippen molar-refractivity contribution in [2.45, 2.75) is 199 Å². The summed E-state index contributed by atoms with van der Waals surface area (Å²) in [5.74, 6) is -10.3. The Balaban J connectivity index is 1.65. The number of carboxylic acid groups (broad SMARTS) is 1. The largest absolute Gasteiger partial charge is 0.508 e. The third-order valence-corrected chi connectivity index (χ3v) is 15.5. The van der Waals surface area contributed by atoms with E-state index < -0.39 is 121 Å². The van der Waals surface area contributed by atoms with Crippen molar-refractivity contribution in [3.05, 3.63) is 65.9 Å². The van der Waals surface area contributed by atoms with Crippen LogP contribution in [0.1, 0.15) is 161 Å². The van der Waals surface area contributed by atoms with Crippen molar-refractivity contribution in [3.63, 3.8) is 0 Å². The summed E-state index contributed by atoms with van der Waals surface area (Å²) in [7, 11) is 0. The lowest BCUT2D eigenvalue weighted by molar-refractivity contribution is -0.142. The molecule has 0 saturated carbocycles. The number of phenolic OH excluding ortho intramolecular Hbond substituents is 1. The smallest absolute Gasteiger partial charge is 0.325 e. The van der Waals surface area contributed by atoms with E-state index in [1.807, 2.05) is 31.2 Å². The van der Waals surface area contributed by atoms with E-state index in [9.17, 15) is 63.0 Å². The van der Waals surface area contributed by atoms with Crippen molar-refractivity contribution in [1.82, 2.24) is 52.8 Å². The summed E-state index contributed by atoms with van der Waals surface area (Å²) < 4.78 is 0. The number of aromatic nitrogens is 1. The lowest BCUT2D eigenvalue weighted by atomic mass is 9.90. The molecule has 1 heterocycles. The van der Waals surface area contributed by atoms with Crippen LogP contribution in [0, 0.1) is 11.8 Å². The highest BCUT2D eigenvalue weighted by molar-refractivity contribution is 5.98. The molecule has 18 N–H and O–H groups in total. The average Bonchev–Trinajstić information content (AvgIpc) is 3.14. The molecule has 0 aliphatic rings. The predicted octanol–water partition coefficient (Wildman–Crippen LogP) is 2.13. The molecule has 0 aliphatic heterocycles. The van der Waals surface area contributed by atoms with Crippen LogP contribution in [0.2, 0.25) is 0 Å². The van der Waals surface area contributed by atoms with Crippen molar-refractivity contribution in [2.75, 3.05) is 32.7 Å². The molecule has 0 saturated heterocycles. The Kier molecular flexibility index (Phi) is 35.4. The SMILES string of the molecule is CCCCCCCCCCCCCC(=O)N[C@H](Cc1c[nH]c2ccccc12)C(=O)NCC(=O)NCC(=O)NC[C@@H](C(=O)N[C@H](CCCCN)C(=O)N[C@H](CCCN)C(=O)N[C@H](CC(N)=O)C(=O)N[C@H](Cc1ccc(O)cc1)C(=O)N[C@H](C)C(=O)O)[C@H](C)CC. The molecule has 0 radical (unpaired) electrons. The topological polar surface area (TPSA) is 430 Å². The van der Waals surface area contributed by atoms with Crippen LogP contribution in [-0.2, 0) is 65.6 Å². The number of hydrogen-bond acceptors (Lipinski definition) is 14. The zero-order chi connectivity index (χ0) is 65.7. The first-order chi connectivity index (χ1) is 42.6. The highest BCUT2D eigenvalue weighted by atomic mass is 16.4. The fourth-order valence-corrected chi connectivity index (χ4v) is 9.91. The highest BCUT2D eigenvalue weighted by Crippen LogP contribution is 2.21. The molecule has 26 heteroatoms. The molecule has 1 aromatic heterocycles. The van der Waals surface area contributed by atoms with Gasteiger partial charge in [0.15, 0.2) is 0 Å². The molecule has 0 spiro atoms. The van der Waals surface area contributed by atoms with E-state index in [-0.39, 0.29) is 75.7 Å². The average molecular weight is 1250 g/mol. The van der Waals surface area contributed by atoms with Gasteiger partial charge in [0.2, 0.25) is 59.1 Å². The molecule has 3 rings (SSSR count). The van der Waals surface area contributed by atoms with Crippen LogP contribution >= 0.6 is 0 Å². The van der Waals surface area contributed by atoms with Gasteiger partial charge in [0.1, 0.15) is 42.0 Å². The molecule has 2 aromatic carbocycles. The molecule has 0 aliphatic carbocycles. The van der Waals surface area contributed by atoms with Crippen molar-refractivity contribution >= 4 is 75.9 Å². The van der Waals surface area contributed by atoms with Gasteiger partial charge >= 0.3 is 5.97 Å². The molecule has 26 nitrogen and oxygen atoms in total. The Morgan fingerprint density at radius 3 is 1.66 bits per heavy atom. The van der Waals surface area contributed by atoms with Gasteiger partial charge in [0.25, 0.3) is 0 Å². The number of carbonyl (C=O) groups is 11. The molecule has 0 unspecified atom stereocenters. The van der Waals surface area contributed by atoms with Crippen LogP contribution < -0.4 is 65.1 Å². The molecule has 0 bridgehead atoms. The van der Waals surface area contributed by atoms with Crippen LogP contribution in [0.15, 0.2) is 54.7 Å². The number of H-pyrrole nitrogens is 1. The molecule has 10 amide bonds. The van der Waals surface area contributed by atoms with E-state index in [1.165, 1.54) is 76.1 Å². The van der Waals surface area contributed by atoms with Gasteiger partial charge in [-0.25, -0.2) is 0 Å². The van der Waals surface area contributed by atoms with Crippen LogP contribution in [-0.4, -0.2) is 149 Å². The standard InChI is InChI=1S/C63H99N13O13/c1-5-7-8-9-10-11-12-13-14-15-16-26-54(79)72-51(34-43-36-67-47-23-18-17-22-45(43)47)58(83)70-39-56(81)69-38-55(80)68-37-46(40(3)6-2)57(82)73-48(24-19-20-31-64)59(84)74-49(25-21-32-65)60(85)76-52(35-53(66)78)62(87)75-50(61(86)71-41(4)63(88)89)33-42-27-29-44(77)30-28-42/h17-18,22-23,27-30,36,40-41,46,48-52,67,77H,5-16,19-21,24-26,31-35,37-39,64-65H2,1-4H3,(H2,66,78)(H,68,80)(H,69,81)(H,70,83)(H,71,86)(H,72,79)(H,73,82)(H,74,84)(H,75,87)(H,76,85)(H,88,89)/t40-,41-,46-,48-,49-,50-,51-,52-/m1/s1. The second-order valence-corrected chi connectivity index (χ2v) is 22.8. The Morgan fingerprint density at radius 2 is 1.06 bits per heavy atom. The van der Waals surface area contributed by atoms with Crippen LogP contribution in [0.4, 0.5) is 0 Å². The molecular formula is C63H99N13O13. The number of aromatic hydroxyl groups is 1. The first-order valence-corrected chi connectivity index (χ1v) is 31.5. The van der Waals surface area contributed by atoms with Gasteiger partial charge < -0.3 is 80.2 Å². The summed E-state index contributed by atoms with van der Waals surface area (Å²) in [6.45, 7) is 6.13. The number of phenols is 1. The first-order valence-electron chi connectivity index (χ1n) is 31.5. The maximum atomic E-state index is 14.2. The number of aromatic amines is 1. The third-order valence-electron chi connectivity index (χ3n) is 15.5. The Labute approximate surface area is 522 Å². The van der Waals surface area contributed by atoms with Crippen LogP contribution in [0.25, 0.3) is 10.9 Å². The van der Waals surface area contributed by atoms with Gasteiger partial charge in [0, 0.05) is 42.9 Å². The summed E-state index contributed by atoms with van der Waals surface area (Å²) in [6.07, 6.45) is 15.1. The number of benzene rings is 2. The summed E-state index contributed by atoms with van der Waals surface area (Å²) in [5, 5.41) is 43.3. The minimum atomic E-state index is -1.71. The fraction of sp³-hybridized carbons (Fsp3) is 0.603. The van der Waals surface area contributed by atoms with Gasteiger partial charge in [-0.1, -0.05) is 122 Å². The van der Waals surface area contributed by atoms with E-state index in [0.29, 0.717) is 31.2 Å². The van der Waals surface area contributed by atoms with E-state index in [4.69, 9.17) is 17.2 Å². The van der Waals surface area contributed by atoms with Crippen molar-refractivity contribution in [3.8, 4) is 5.75 Å². The van der Waals surface area contributed by atoms with Crippen LogP contribution in [0.5, 0.6) is 5.75 Å². The third kappa shape index (κ3) is 29.2. The normalized spacial score (nSPS) is 13.8. The zero-order valence-electron chi connectivity index (χ0n) is 52.3. The molecule has 3 aromatic rings. The quantitative estimate of drug-likeness (QED) is 0.0360.